The molecule has 1 aliphatic rings. The quantitative estimate of drug-likeness (QED) is 0.791. The molecule has 1 heterocycles. The van der Waals surface area contributed by atoms with Crippen molar-refractivity contribution in [2.75, 3.05) is 11.4 Å². The van der Waals surface area contributed by atoms with Crippen LogP contribution in [0.25, 0.3) is 0 Å². The fourth-order valence-corrected chi connectivity index (χ4v) is 2.67. The van der Waals surface area contributed by atoms with Crippen LogP contribution in [0.15, 0.2) is 24.3 Å². The van der Waals surface area contributed by atoms with Gasteiger partial charge < -0.3 is 10.4 Å². The number of amides is 2. The summed E-state index contributed by atoms with van der Waals surface area (Å²) in [6.07, 6.45) is 4.67. The molecule has 1 atom stereocenters. The molecular formula is C16H22N2O3. The minimum atomic E-state index is -0.965. The van der Waals surface area contributed by atoms with Crippen LogP contribution in [0.1, 0.15) is 38.2 Å². The van der Waals surface area contributed by atoms with E-state index >= 15 is 0 Å². The number of aliphatic carboxylic acids is 1. The molecule has 21 heavy (non-hydrogen) atoms. The second-order valence-corrected chi connectivity index (χ2v) is 5.35. The van der Waals surface area contributed by atoms with Crippen LogP contribution in [0.2, 0.25) is 0 Å². The molecule has 0 aliphatic carbocycles. The molecule has 5 nitrogen and oxygen atoms in total. The van der Waals surface area contributed by atoms with Crippen LogP contribution in [0.4, 0.5) is 10.5 Å². The molecule has 5 heteroatoms. The maximum Gasteiger partial charge on any atom is 0.327 e. The molecule has 0 fully saturated rings. The van der Waals surface area contributed by atoms with Crippen LogP contribution in [0, 0.1) is 0 Å². The number of urea groups is 1. The van der Waals surface area contributed by atoms with Gasteiger partial charge in [0.05, 0.1) is 0 Å². The molecule has 1 aliphatic heterocycles. The van der Waals surface area contributed by atoms with Gasteiger partial charge in [-0.15, -0.1) is 0 Å². The van der Waals surface area contributed by atoms with E-state index in [1.54, 1.807) is 6.07 Å². The second-order valence-electron chi connectivity index (χ2n) is 5.35. The number of carboxylic acids is 1. The van der Waals surface area contributed by atoms with Crippen molar-refractivity contribution in [2.24, 2.45) is 0 Å². The molecular weight excluding hydrogens is 268 g/mol. The maximum absolute atomic E-state index is 12.3. The Morgan fingerprint density at radius 1 is 1.29 bits per heavy atom. The predicted octanol–water partition coefficient (Wildman–Crippen LogP) is 2.79. The van der Waals surface area contributed by atoms with Crippen molar-refractivity contribution in [3.05, 3.63) is 29.8 Å². The predicted molar refractivity (Wildman–Crippen MR) is 81.6 cm³/mol. The first-order valence-electron chi connectivity index (χ1n) is 7.53. The third-order valence-electron chi connectivity index (χ3n) is 3.79. The van der Waals surface area contributed by atoms with Crippen LogP contribution in [0.5, 0.6) is 0 Å². The van der Waals surface area contributed by atoms with Crippen LogP contribution < -0.4 is 10.2 Å². The summed E-state index contributed by atoms with van der Waals surface area (Å²) in [7, 11) is 0. The van der Waals surface area contributed by atoms with E-state index in [-0.39, 0.29) is 6.03 Å². The van der Waals surface area contributed by atoms with Gasteiger partial charge in [0.15, 0.2) is 0 Å². The Hall–Kier alpha value is -2.04. The van der Waals surface area contributed by atoms with Crippen LogP contribution in [-0.4, -0.2) is 29.7 Å². The number of hydrogen-bond acceptors (Lipinski definition) is 2. The number of nitrogens with zero attached hydrogens (tertiary/aromatic N) is 1. The molecule has 2 amide bonds. The lowest BCUT2D eigenvalue weighted by Gasteiger charge is -2.23. The monoisotopic (exact) mass is 290 g/mol. The molecule has 114 valence electrons. The summed E-state index contributed by atoms with van der Waals surface area (Å²) < 4.78 is 0. The van der Waals surface area contributed by atoms with E-state index in [2.05, 4.69) is 12.2 Å². The van der Waals surface area contributed by atoms with Crippen molar-refractivity contribution < 1.29 is 14.7 Å². The smallest absolute Gasteiger partial charge is 0.327 e. The Morgan fingerprint density at radius 2 is 2.05 bits per heavy atom. The molecule has 0 aromatic heterocycles. The van der Waals surface area contributed by atoms with Gasteiger partial charge in [-0.1, -0.05) is 44.4 Å². The lowest BCUT2D eigenvalue weighted by Crippen LogP contribution is -2.48. The molecule has 0 bridgehead atoms. The zero-order chi connectivity index (χ0) is 15.2. The van der Waals surface area contributed by atoms with Gasteiger partial charge in [-0.25, -0.2) is 9.59 Å². The van der Waals surface area contributed by atoms with Crippen molar-refractivity contribution in [3.8, 4) is 0 Å². The van der Waals surface area contributed by atoms with Crippen molar-refractivity contribution in [3.63, 3.8) is 0 Å². The number of para-hydroxylation sites is 1. The van der Waals surface area contributed by atoms with Crippen LogP contribution in [0.3, 0.4) is 0 Å². The van der Waals surface area contributed by atoms with Gasteiger partial charge in [-0.05, 0) is 18.1 Å². The van der Waals surface area contributed by atoms with Gasteiger partial charge in [0.1, 0.15) is 6.04 Å². The number of unbranched alkanes of at least 4 members (excludes halogenated alkanes) is 3. The Kier molecular flexibility index (Phi) is 5.20. The number of carboxylic acid groups (broad SMARTS) is 1. The van der Waals surface area contributed by atoms with Crippen molar-refractivity contribution in [2.45, 2.75) is 45.1 Å². The number of nitrogens with one attached hydrogen (secondary N) is 1. The Bertz CT molecular complexity index is 516. The van der Waals surface area contributed by atoms with E-state index in [1.165, 1.54) is 4.90 Å². The molecule has 0 saturated carbocycles. The minimum Gasteiger partial charge on any atom is -0.480 e. The average molecular weight is 290 g/mol. The van der Waals surface area contributed by atoms with E-state index in [9.17, 15) is 14.7 Å². The second kappa shape index (κ2) is 7.11. The van der Waals surface area contributed by atoms with Gasteiger partial charge >= 0.3 is 12.0 Å². The van der Waals surface area contributed by atoms with Gasteiger partial charge in [-0.3, -0.25) is 4.90 Å². The fourth-order valence-electron chi connectivity index (χ4n) is 2.67. The molecule has 0 unspecified atom stereocenters. The van der Waals surface area contributed by atoms with Gasteiger partial charge in [0.2, 0.25) is 0 Å². The molecule has 0 saturated heterocycles. The third kappa shape index (κ3) is 3.54. The first-order chi connectivity index (χ1) is 10.1. The summed E-state index contributed by atoms with van der Waals surface area (Å²) in [4.78, 5) is 25.1. The molecule has 1 aromatic carbocycles. The Morgan fingerprint density at radius 3 is 2.76 bits per heavy atom. The number of carbonyl (C=O) groups excluding carboxylic acids is 1. The number of anilines is 1. The first-order valence-corrected chi connectivity index (χ1v) is 7.53. The van der Waals surface area contributed by atoms with Crippen molar-refractivity contribution in [1.82, 2.24) is 5.32 Å². The highest BCUT2D eigenvalue weighted by molar-refractivity contribution is 6.01. The van der Waals surface area contributed by atoms with Crippen molar-refractivity contribution in [1.29, 1.82) is 0 Å². The summed E-state index contributed by atoms with van der Waals surface area (Å²) >= 11 is 0. The molecule has 2 N–H and O–H groups in total. The van der Waals surface area contributed by atoms with E-state index in [4.69, 9.17) is 0 Å². The number of fused-ring (bicyclic) bond motifs is 1. The largest absolute Gasteiger partial charge is 0.480 e. The van der Waals surface area contributed by atoms with E-state index in [0.717, 1.165) is 31.2 Å². The summed E-state index contributed by atoms with van der Waals surface area (Å²) in [5.74, 6) is -0.965. The number of rotatable bonds is 6. The van der Waals surface area contributed by atoms with Crippen LogP contribution in [-0.2, 0) is 11.2 Å². The summed E-state index contributed by atoms with van der Waals surface area (Å²) in [5.41, 5.74) is 1.61. The summed E-state index contributed by atoms with van der Waals surface area (Å²) in [6.45, 7) is 2.72. The zero-order valence-electron chi connectivity index (χ0n) is 12.3. The zero-order valence-corrected chi connectivity index (χ0v) is 12.3. The Balaban J connectivity index is 2.01. The SMILES string of the molecule is CCCCCCNC(=O)N1c2ccccc2C[C@H]1C(=O)O. The normalized spacial score (nSPS) is 16.6. The molecule has 0 spiro atoms. The highest BCUT2D eigenvalue weighted by atomic mass is 16.4. The van der Waals surface area contributed by atoms with Gasteiger partial charge in [0.25, 0.3) is 0 Å². The highest BCUT2D eigenvalue weighted by Gasteiger charge is 2.38. The number of benzene rings is 1. The number of carbonyl (C=O) groups is 2. The van der Waals surface area contributed by atoms with Gasteiger partial charge in [0, 0.05) is 18.7 Å². The highest BCUT2D eigenvalue weighted by Crippen LogP contribution is 2.32. The van der Waals surface area contributed by atoms with Gasteiger partial charge in [-0.2, -0.15) is 0 Å². The molecule has 0 radical (unpaired) electrons. The minimum absolute atomic E-state index is 0.316. The summed E-state index contributed by atoms with van der Waals surface area (Å²) in [6, 6.07) is 6.24. The third-order valence-corrected chi connectivity index (χ3v) is 3.79. The average Bonchev–Trinajstić information content (AvgIpc) is 2.86. The fraction of sp³-hybridized carbons (Fsp3) is 0.500. The maximum atomic E-state index is 12.3. The lowest BCUT2D eigenvalue weighted by molar-refractivity contribution is -0.138. The molecule has 1 aromatic rings. The lowest BCUT2D eigenvalue weighted by atomic mass is 10.1. The van der Waals surface area contributed by atoms with Crippen LogP contribution >= 0.6 is 0 Å². The molecule has 2 rings (SSSR count). The first kappa shape index (κ1) is 15.4. The number of hydrogen-bond donors (Lipinski definition) is 2. The topological polar surface area (TPSA) is 69.6 Å². The standard InChI is InChI=1S/C16H22N2O3/c1-2-3-4-7-10-17-16(21)18-13-9-6-5-8-12(13)11-14(18)15(19)20/h5-6,8-9,14H,2-4,7,10-11H2,1H3,(H,17,21)(H,19,20)/t14-/m0/s1. The summed E-state index contributed by atoms with van der Waals surface area (Å²) in [5, 5.41) is 12.2. The Labute approximate surface area is 125 Å². The van der Waals surface area contributed by atoms with Crippen molar-refractivity contribution >= 4 is 17.7 Å². The van der Waals surface area contributed by atoms with E-state index in [0.29, 0.717) is 18.7 Å². The van der Waals surface area contributed by atoms with E-state index < -0.39 is 12.0 Å². The van der Waals surface area contributed by atoms with E-state index in [1.807, 2.05) is 18.2 Å².